The number of hydrogen-bond acceptors (Lipinski definition) is 6. The van der Waals surface area contributed by atoms with Crippen molar-refractivity contribution in [2.45, 2.75) is 6.61 Å². The van der Waals surface area contributed by atoms with E-state index in [0.29, 0.717) is 16.3 Å². The van der Waals surface area contributed by atoms with Crippen LogP contribution < -0.4 is 4.74 Å². The van der Waals surface area contributed by atoms with Crippen LogP contribution in [0, 0.1) is 5.82 Å². The van der Waals surface area contributed by atoms with E-state index in [4.69, 9.17) is 25.6 Å². The van der Waals surface area contributed by atoms with Gasteiger partial charge in [-0.2, -0.15) is 4.98 Å². The molecule has 3 rings (SSSR count). The SMILES string of the molecule is COc1ccc(Cl)cc1C(=O)OCc1nc(-c2ccc(F)cc2)no1. The molecule has 3 aromatic rings. The highest BCUT2D eigenvalue weighted by Crippen LogP contribution is 2.24. The van der Waals surface area contributed by atoms with Gasteiger partial charge in [0.15, 0.2) is 6.61 Å². The maximum absolute atomic E-state index is 12.9. The van der Waals surface area contributed by atoms with Gasteiger partial charge in [0.05, 0.1) is 7.11 Å². The zero-order valence-corrected chi connectivity index (χ0v) is 13.8. The molecule has 0 aliphatic heterocycles. The molecule has 0 aliphatic carbocycles. The maximum atomic E-state index is 12.9. The average Bonchev–Trinajstić information content (AvgIpc) is 3.09. The molecule has 0 unspecified atom stereocenters. The molecule has 0 spiro atoms. The van der Waals surface area contributed by atoms with Crippen LogP contribution in [0.5, 0.6) is 5.75 Å². The molecule has 25 heavy (non-hydrogen) atoms. The van der Waals surface area contributed by atoms with Crippen molar-refractivity contribution in [3.05, 3.63) is 64.8 Å². The largest absolute Gasteiger partial charge is 0.496 e. The number of methoxy groups -OCH3 is 1. The van der Waals surface area contributed by atoms with E-state index in [9.17, 15) is 9.18 Å². The van der Waals surface area contributed by atoms with E-state index in [1.54, 1.807) is 12.1 Å². The van der Waals surface area contributed by atoms with Crippen LogP contribution >= 0.6 is 11.6 Å². The number of esters is 1. The number of hydrogen-bond donors (Lipinski definition) is 0. The summed E-state index contributed by atoms with van der Waals surface area (Å²) in [6, 6.07) is 10.2. The first-order valence-corrected chi connectivity index (χ1v) is 7.54. The van der Waals surface area contributed by atoms with E-state index in [2.05, 4.69) is 10.1 Å². The van der Waals surface area contributed by atoms with Crippen molar-refractivity contribution in [2.75, 3.05) is 7.11 Å². The van der Waals surface area contributed by atoms with Crippen LogP contribution in [0.3, 0.4) is 0 Å². The molecule has 1 aromatic heterocycles. The van der Waals surface area contributed by atoms with Gasteiger partial charge in [0.2, 0.25) is 5.82 Å². The molecular formula is C17H12ClFN2O4. The molecular weight excluding hydrogens is 351 g/mol. The third-order valence-corrected chi connectivity index (χ3v) is 3.51. The second kappa shape index (κ2) is 7.31. The van der Waals surface area contributed by atoms with Crippen molar-refractivity contribution in [3.8, 4) is 17.1 Å². The molecule has 8 heteroatoms. The summed E-state index contributed by atoms with van der Waals surface area (Å²) >= 11 is 5.89. The highest BCUT2D eigenvalue weighted by Gasteiger charge is 2.16. The Bertz CT molecular complexity index is 896. The number of rotatable bonds is 5. The van der Waals surface area contributed by atoms with E-state index in [1.807, 2.05) is 0 Å². The first-order chi connectivity index (χ1) is 12.1. The number of aromatic nitrogens is 2. The molecule has 128 valence electrons. The molecule has 0 aliphatic rings. The Labute approximate surface area is 147 Å². The summed E-state index contributed by atoms with van der Waals surface area (Å²) in [5.41, 5.74) is 0.771. The number of nitrogens with zero attached hydrogens (tertiary/aromatic N) is 2. The Morgan fingerprint density at radius 3 is 2.72 bits per heavy atom. The molecule has 0 atom stereocenters. The monoisotopic (exact) mass is 362 g/mol. The van der Waals surface area contributed by atoms with Gasteiger partial charge in [0.1, 0.15) is 17.1 Å². The van der Waals surface area contributed by atoms with Gasteiger partial charge in [-0.3, -0.25) is 0 Å². The minimum atomic E-state index is -0.638. The molecule has 6 nitrogen and oxygen atoms in total. The third-order valence-electron chi connectivity index (χ3n) is 3.28. The summed E-state index contributed by atoms with van der Waals surface area (Å²) in [6.07, 6.45) is 0. The molecule has 0 radical (unpaired) electrons. The predicted molar refractivity (Wildman–Crippen MR) is 86.8 cm³/mol. The Morgan fingerprint density at radius 1 is 1.24 bits per heavy atom. The van der Waals surface area contributed by atoms with Crippen LogP contribution in [0.1, 0.15) is 16.2 Å². The quantitative estimate of drug-likeness (QED) is 0.641. The number of carbonyl (C=O) groups is 1. The van der Waals surface area contributed by atoms with Crippen LogP contribution in [0.2, 0.25) is 5.02 Å². The minimum absolute atomic E-state index is 0.105. The second-order valence-electron chi connectivity index (χ2n) is 4.94. The standard InChI is InChI=1S/C17H12ClFN2O4/c1-23-14-7-4-11(18)8-13(14)17(22)24-9-15-20-16(21-25-15)10-2-5-12(19)6-3-10/h2-8H,9H2,1H3. The Kier molecular flexibility index (Phi) is 4.95. The van der Waals surface area contributed by atoms with Gasteiger partial charge < -0.3 is 14.0 Å². The van der Waals surface area contributed by atoms with Crippen molar-refractivity contribution in [2.24, 2.45) is 0 Å². The van der Waals surface area contributed by atoms with Crippen LogP contribution in [0.25, 0.3) is 11.4 Å². The smallest absolute Gasteiger partial charge is 0.342 e. The molecule has 2 aromatic carbocycles. The summed E-state index contributed by atoms with van der Waals surface area (Å²) in [7, 11) is 1.44. The average molecular weight is 363 g/mol. The molecule has 0 saturated carbocycles. The summed E-state index contributed by atoms with van der Waals surface area (Å²) in [4.78, 5) is 16.3. The van der Waals surface area contributed by atoms with Gasteiger partial charge in [0.25, 0.3) is 5.89 Å². The van der Waals surface area contributed by atoms with Crippen LogP contribution in [-0.4, -0.2) is 23.2 Å². The lowest BCUT2D eigenvalue weighted by Crippen LogP contribution is -2.07. The Balaban J connectivity index is 1.69. The predicted octanol–water partition coefficient (Wildman–Crippen LogP) is 3.89. The number of halogens is 2. The van der Waals surface area contributed by atoms with E-state index >= 15 is 0 Å². The van der Waals surface area contributed by atoms with E-state index in [1.165, 1.54) is 37.4 Å². The summed E-state index contributed by atoms with van der Waals surface area (Å²) in [5, 5.41) is 4.15. The van der Waals surface area contributed by atoms with Gasteiger partial charge in [-0.1, -0.05) is 16.8 Å². The number of ether oxygens (including phenoxy) is 2. The van der Waals surface area contributed by atoms with Gasteiger partial charge in [0, 0.05) is 10.6 Å². The fourth-order valence-corrected chi connectivity index (χ4v) is 2.25. The molecule has 0 fully saturated rings. The van der Waals surface area contributed by atoms with Gasteiger partial charge in [-0.25, -0.2) is 9.18 Å². The van der Waals surface area contributed by atoms with Crippen LogP contribution in [0.15, 0.2) is 47.0 Å². The summed E-state index contributed by atoms with van der Waals surface area (Å²) in [5.74, 6) is -0.287. The molecule has 0 N–H and O–H groups in total. The van der Waals surface area contributed by atoms with Crippen molar-refractivity contribution in [3.63, 3.8) is 0 Å². The normalized spacial score (nSPS) is 10.5. The molecule has 1 heterocycles. The van der Waals surface area contributed by atoms with Gasteiger partial charge in [-0.05, 0) is 42.5 Å². The Hall–Kier alpha value is -2.93. The molecule has 0 saturated heterocycles. The minimum Gasteiger partial charge on any atom is -0.496 e. The fraction of sp³-hybridized carbons (Fsp3) is 0.118. The summed E-state index contributed by atoms with van der Waals surface area (Å²) in [6.45, 7) is -0.220. The van der Waals surface area contributed by atoms with E-state index in [0.717, 1.165) is 0 Å². The zero-order chi connectivity index (χ0) is 17.8. The maximum Gasteiger partial charge on any atom is 0.342 e. The van der Waals surface area contributed by atoms with Gasteiger partial charge >= 0.3 is 5.97 Å². The topological polar surface area (TPSA) is 74.5 Å². The lowest BCUT2D eigenvalue weighted by molar-refractivity contribution is 0.0426. The van der Waals surface area contributed by atoms with Gasteiger partial charge in [-0.15, -0.1) is 0 Å². The van der Waals surface area contributed by atoms with Crippen molar-refractivity contribution in [1.82, 2.24) is 10.1 Å². The highest BCUT2D eigenvalue weighted by molar-refractivity contribution is 6.31. The lowest BCUT2D eigenvalue weighted by Gasteiger charge is -2.07. The first-order valence-electron chi connectivity index (χ1n) is 7.16. The van der Waals surface area contributed by atoms with Crippen molar-refractivity contribution < 1.29 is 23.2 Å². The second-order valence-corrected chi connectivity index (χ2v) is 5.38. The molecule has 0 bridgehead atoms. The third kappa shape index (κ3) is 3.95. The zero-order valence-electron chi connectivity index (χ0n) is 13.0. The van der Waals surface area contributed by atoms with Crippen LogP contribution in [0.4, 0.5) is 4.39 Å². The molecule has 0 amide bonds. The van der Waals surface area contributed by atoms with Crippen LogP contribution in [-0.2, 0) is 11.3 Å². The Morgan fingerprint density at radius 2 is 2.00 bits per heavy atom. The lowest BCUT2D eigenvalue weighted by atomic mass is 10.2. The number of carbonyl (C=O) groups excluding carboxylic acids is 1. The van der Waals surface area contributed by atoms with E-state index < -0.39 is 5.97 Å². The van der Waals surface area contributed by atoms with Crippen molar-refractivity contribution in [1.29, 1.82) is 0 Å². The summed E-state index contributed by atoms with van der Waals surface area (Å²) < 4.78 is 28.2. The van der Waals surface area contributed by atoms with Crippen molar-refractivity contribution >= 4 is 17.6 Å². The highest BCUT2D eigenvalue weighted by atomic mass is 35.5. The first kappa shape index (κ1) is 16.9. The van der Waals surface area contributed by atoms with E-state index in [-0.39, 0.29) is 29.7 Å². The fourth-order valence-electron chi connectivity index (χ4n) is 2.07. The number of benzene rings is 2.